The topological polar surface area (TPSA) is 43.3 Å². The number of anilines is 1. The molecule has 104 valence electrons. The van der Waals surface area contributed by atoms with Crippen molar-refractivity contribution < 1.29 is 13.2 Å². The summed E-state index contributed by atoms with van der Waals surface area (Å²) in [5.41, 5.74) is 5.78. The zero-order chi connectivity index (χ0) is 14.2. The minimum absolute atomic E-state index is 0.0516. The van der Waals surface area contributed by atoms with Gasteiger partial charge in [-0.05, 0) is 18.9 Å². The van der Waals surface area contributed by atoms with E-state index in [9.17, 15) is 13.2 Å². The van der Waals surface area contributed by atoms with Crippen LogP contribution in [0.3, 0.4) is 0 Å². The fourth-order valence-corrected chi connectivity index (χ4v) is 2.17. The molecule has 19 heavy (non-hydrogen) atoms. The van der Waals surface area contributed by atoms with Gasteiger partial charge in [0.2, 0.25) is 0 Å². The number of nitrogen functional groups attached to an aromatic ring is 1. The number of nitrogens with zero attached hydrogens (tertiary/aromatic N) is 2. The third-order valence-corrected chi connectivity index (χ3v) is 3.18. The molecule has 0 radical (unpaired) electrons. The molecule has 0 aromatic carbocycles. The number of hydrogen-bond acceptors (Lipinski definition) is 2. The van der Waals surface area contributed by atoms with Crippen LogP contribution in [0.25, 0.3) is 5.65 Å². The van der Waals surface area contributed by atoms with E-state index in [1.807, 2.05) is 6.92 Å². The SMILES string of the molecule is CCCCc1c(N)nc2c(Cl)cc(C(F)(F)F)cn12. The van der Waals surface area contributed by atoms with E-state index in [-0.39, 0.29) is 16.5 Å². The molecule has 2 rings (SSSR count). The lowest BCUT2D eigenvalue weighted by Crippen LogP contribution is -2.07. The Bertz CT molecular complexity index is 604. The summed E-state index contributed by atoms with van der Waals surface area (Å²) >= 11 is 5.85. The van der Waals surface area contributed by atoms with Gasteiger partial charge >= 0.3 is 6.18 Å². The van der Waals surface area contributed by atoms with Crippen molar-refractivity contribution in [1.82, 2.24) is 9.38 Å². The van der Waals surface area contributed by atoms with Crippen molar-refractivity contribution >= 4 is 23.1 Å². The highest BCUT2D eigenvalue weighted by molar-refractivity contribution is 6.33. The van der Waals surface area contributed by atoms with Crippen LogP contribution < -0.4 is 5.73 Å². The van der Waals surface area contributed by atoms with E-state index in [1.165, 1.54) is 4.40 Å². The van der Waals surface area contributed by atoms with E-state index in [1.54, 1.807) is 0 Å². The smallest absolute Gasteiger partial charge is 0.382 e. The monoisotopic (exact) mass is 291 g/mol. The average Bonchev–Trinajstić information content (AvgIpc) is 2.62. The first-order chi connectivity index (χ1) is 8.84. The van der Waals surface area contributed by atoms with Crippen molar-refractivity contribution in [2.24, 2.45) is 0 Å². The Labute approximate surface area is 113 Å². The molecule has 2 heterocycles. The summed E-state index contributed by atoms with van der Waals surface area (Å²) in [6.45, 7) is 1.99. The minimum Gasteiger partial charge on any atom is -0.382 e. The molecule has 0 amide bonds. The quantitative estimate of drug-likeness (QED) is 0.931. The number of hydrogen-bond donors (Lipinski definition) is 1. The molecule has 2 aromatic heterocycles. The first-order valence-corrected chi connectivity index (χ1v) is 6.25. The zero-order valence-electron chi connectivity index (χ0n) is 10.3. The summed E-state index contributed by atoms with van der Waals surface area (Å²) in [5, 5.41) is -0.0516. The molecule has 0 fully saturated rings. The van der Waals surface area contributed by atoms with Gasteiger partial charge in [0.15, 0.2) is 5.65 Å². The van der Waals surface area contributed by atoms with Gasteiger partial charge in [-0.1, -0.05) is 24.9 Å². The van der Waals surface area contributed by atoms with Crippen LogP contribution in [-0.4, -0.2) is 9.38 Å². The molecule has 0 bridgehead atoms. The first-order valence-electron chi connectivity index (χ1n) is 5.87. The number of alkyl halides is 3. The molecule has 7 heteroatoms. The van der Waals surface area contributed by atoms with Gasteiger partial charge < -0.3 is 10.1 Å². The van der Waals surface area contributed by atoms with Crippen molar-refractivity contribution in [2.75, 3.05) is 5.73 Å². The molecule has 0 aliphatic rings. The number of imidazole rings is 1. The highest BCUT2D eigenvalue weighted by Gasteiger charge is 2.32. The van der Waals surface area contributed by atoms with Gasteiger partial charge in [-0.25, -0.2) is 4.98 Å². The van der Waals surface area contributed by atoms with Crippen LogP contribution in [0.2, 0.25) is 5.02 Å². The summed E-state index contributed by atoms with van der Waals surface area (Å²) in [6.07, 6.45) is -1.14. The molecular weight excluding hydrogens is 279 g/mol. The molecule has 0 saturated carbocycles. The highest BCUT2D eigenvalue weighted by atomic mass is 35.5. The van der Waals surface area contributed by atoms with Crippen molar-refractivity contribution in [3.63, 3.8) is 0 Å². The maximum absolute atomic E-state index is 12.8. The maximum Gasteiger partial charge on any atom is 0.417 e. The van der Waals surface area contributed by atoms with E-state index >= 15 is 0 Å². The Balaban J connectivity index is 2.63. The summed E-state index contributed by atoms with van der Waals surface area (Å²) in [7, 11) is 0. The van der Waals surface area contributed by atoms with Crippen molar-refractivity contribution in [3.05, 3.63) is 28.5 Å². The fraction of sp³-hybridized carbons (Fsp3) is 0.417. The largest absolute Gasteiger partial charge is 0.417 e. The molecule has 0 unspecified atom stereocenters. The lowest BCUT2D eigenvalue weighted by Gasteiger charge is -2.09. The van der Waals surface area contributed by atoms with Crippen molar-refractivity contribution in [1.29, 1.82) is 0 Å². The van der Waals surface area contributed by atoms with E-state index in [0.717, 1.165) is 25.1 Å². The molecule has 2 N–H and O–H groups in total. The van der Waals surface area contributed by atoms with Gasteiger partial charge in [0.05, 0.1) is 16.3 Å². The van der Waals surface area contributed by atoms with Crippen molar-refractivity contribution in [3.8, 4) is 0 Å². The second-order valence-electron chi connectivity index (χ2n) is 4.32. The molecule has 0 spiro atoms. The number of rotatable bonds is 3. The van der Waals surface area contributed by atoms with Gasteiger partial charge in [0, 0.05) is 6.20 Å². The molecule has 0 aliphatic carbocycles. The fourth-order valence-electron chi connectivity index (χ4n) is 1.92. The number of pyridine rings is 1. The van der Waals surface area contributed by atoms with Gasteiger partial charge in [-0.15, -0.1) is 0 Å². The summed E-state index contributed by atoms with van der Waals surface area (Å²) in [5.74, 6) is 0.231. The number of halogens is 4. The Morgan fingerprint density at radius 1 is 1.42 bits per heavy atom. The number of aromatic nitrogens is 2. The van der Waals surface area contributed by atoms with E-state index < -0.39 is 11.7 Å². The Kier molecular flexibility index (Phi) is 3.62. The standard InChI is InChI=1S/C12H13ClF3N3/c1-2-3-4-9-10(17)18-11-8(13)5-7(6-19(9)11)12(14,15)16/h5-6H,2-4,17H2,1H3. The normalized spacial score (nSPS) is 12.3. The summed E-state index contributed by atoms with van der Waals surface area (Å²) in [4.78, 5) is 4.03. The molecule has 0 aliphatic heterocycles. The zero-order valence-corrected chi connectivity index (χ0v) is 11.0. The lowest BCUT2D eigenvalue weighted by molar-refractivity contribution is -0.137. The minimum atomic E-state index is -4.45. The van der Waals surface area contributed by atoms with Gasteiger partial charge in [-0.2, -0.15) is 13.2 Å². The molecule has 0 saturated heterocycles. The van der Waals surface area contributed by atoms with E-state index in [0.29, 0.717) is 12.1 Å². The van der Waals surface area contributed by atoms with Gasteiger partial charge in [0.25, 0.3) is 0 Å². The molecule has 2 aromatic rings. The van der Waals surface area contributed by atoms with Crippen molar-refractivity contribution in [2.45, 2.75) is 32.4 Å². The van der Waals surface area contributed by atoms with Crippen LogP contribution in [0.4, 0.5) is 19.0 Å². The van der Waals surface area contributed by atoms with Crippen LogP contribution in [-0.2, 0) is 12.6 Å². The van der Waals surface area contributed by atoms with Crippen LogP contribution in [0.15, 0.2) is 12.3 Å². The second kappa shape index (κ2) is 4.92. The highest BCUT2D eigenvalue weighted by Crippen LogP contribution is 2.33. The van der Waals surface area contributed by atoms with Crippen LogP contribution in [0.1, 0.15) is 31.0 Å². The second-order valence-corrected chi connectivity index (χ2v) is 4.72. The Morgan fingerprint density at radius 2 is 2.11 bits per heavy atom. The number of unbranched alkanes of at least 4 members (excludes halogenated alkanes) is 1. The first kappa shape index (κ1) is 14.0. The van der Waals surface area contributed by atoms with E-state index in [4.69, 9.17) is 17.3 Å². The number of fused-ring (bicyclic) bond motifs is 1. The third-order valence-electron chi connectivity index (χ3n) is 2.90. The summed E-state index contributed by atoms with van der Waals surface area (Å²) in [6, 6.07) is 0.868. The van der Waals surface area contributed by atoms with Crippen LogP contribution in [0.5, 0.6) is 0 Å². The van der Waals surface area contributed by atoms with Crippen LogP contribution >= 0.6 is 11.6 Å². The van der Waals surface area contributed by atoms with Gasteiger partial charge in [-0.3, -0.25) is 0 Å². The molecule has 3 nitrogen and oxygen atoms in total. The number of nitrogens with two attached hydrogens (primary N) is 1. The Morgan fingerprint density at radius 3 is 2.68 bits per heavy atom. The maximum atomic E-state index is 12.8. The third kappa shape index (κ3) is 2.63. The van der Waals surface area contributed by atoms with E-state index in [2.05, 4.69) is 4.98 Å². The number of aryl methyl sites for hydroxylation is 1. The van der Waals surface area contributed by atoms with Gasteiger partial charge in [0.1, 0.15) is 5.82 Å². The average molecular weight is 292 g/mol. The lowest BCUT2D eigenvalue weighted by atomic mass is 10.2. The van der Waals surface area contributed by atoms with Crippen LogP contribution in [0, 0.1) is 0 Å². The Hall–Kier alpha value is -1.43. The predicted octanol–water partition coefficient (Wildman–Crippen LogP) is 3.93. The predicted molar refractivity (Wildman–Crippen MR) is 68.2 cm³/mol. The molecule has 0 atom stereocenters. The molecular formula is C12H13ClF3N3. The summed E-state index contributed by atoms with van der Waals surface area (Å²) < 4.78 is 39.6.